The summed E-state index contributed by atoms with van der Waals surface area (Å²) in [5, 5.41) is 3.40. The molecule has 0 unspecified atom stereocenters. The Labute approximate surface area is 98.2 Å². The maximum Gasteiger partial charge on any atom is 0.213 e. The lowest BCUT2D eigenvalue weighted by Crippen LogP contribution is -2.35. The van der Waals surface area contributed by atoms with Crippen LogP contribution in [0, 0.1) is 0 Å². The number of rotatable bonds is 5. The van der Waals surface area contributed by atoms with E-state index in [4.69, 9.17) is 4.74 Å². The maximum atomic E-state index is 5.49. The number of aromatic nitrogens is 1. The van der Waals surface area contributed by atoms with Crippen LogP contribution in [0.2, 0.25) is 0 Å². The van der Waals surface area contributed by atoms with Gasteiger partial charge in [0.25, 0.3) is 0 Å². The Morgan fingerprint density at radius 2 is 2.06 bits per heavy atom. The van der Waals surface area contributed by atoms with Crippen LogP contribution in [0.15, 0.2) is 18.2 Å². The van der Waals surface area contributed by atoms with Gasteiger partial charge in [-0.25, -0.2) is 4.98 Å². The van der Waals surface area contributed by atoms with E-state index in [0.717, 1.165) is 31.1 Å². The molecule has 1 aromatic heterocycles. The van der Waals surface area contributed by atoms with Gasteiger partial charge in [-0.05, 0) is 33.3 Å². The van der Waals surface area contributed by atoms with E-state index in [-0.39, 0.29) is 5.54 Å². The zero-order valence-electron chi connectivity index (χ0n) is 10.7. The third-order valence-electron chi connectivity index (χ3n) is 2.04. The Morgan fingerprint density at radius 3 is 2.69 bits per heavy atom. The fourth-order valence-electron chi connectivity index (χ4n) is 1.20. The predicted octanol–water partition coefficient (Wildman–Crippen LogP) is 2.76. The summed E-state index contributed by atoms with van der Waals surface area (Å²) in [5.41, 5.74) is 1.13. The van der Waals surface area contributed by atoms with E-state index in [1.54, 1.807) is 0 Å². The second kappa shape index (κ2) is 5.85. The third-order valence-corrected chi connectivity index (χ3v) is 2.04. The third kappa shape index (κ3) is 5.12. The largest absolute Gasteiger partial charge is 0.478 e. The summed E-state index contributed by atoms with van der Waals surface area (Å²) in [7, 11) is 0. The van der Waals surface area contributed by atoms with Crippen molar-refractivity contribution in [1.29, 1.82) is 0 Å². The molecular formula is C13H22N2O. The average molecular weight is 222 g/mol. The van der Waals surface area contributed by atoms with Crippen molar-refractivity contribution in [2.75, 3.05) is 6.61 Å². The minimum atomic E-state index is 0.113. The SMILES string of the molecule is CCCOc1cccc(CNC(C)(C)C)n1. The van der Waals surface area contributed by atoms with Gasteiger partial charge in [-0.15, -0.1) is 0 Å². The molecule has 3 nitrogen and oxygen atoms in total. The predicted molar refractivity (Wildman–Crippen MR) is 66.6 cm³/mol. The van der Waals surface area contributed by atoms with Crippen LogP contribution in [0.4, 0.5) is 0 Å². The number of nitrogens with zero attached hydrogens (tertiary/aromatic N) is 1. The standard InChI is InChI=1S/C13H22N2O/c1-5-9-16-12-8-6-7-11(15-12)10-14-13(2,3)4/h6-8,14H,5,9-10H2,1-4H3. The highest BCUT2D eigenvalue weighted by Gasteiger charge is 2.08. The number of ether oxygens (including phenoxy) is 1. The molecule has 0 fully saturated rings. The van der Waals surface area contributed by atoms with Crippen LogP contribution in [-0.2, 0) is 6.54 Å². The number of nitrogens with one attached hydrogen (secondary N) is 1. The van der Waals surface area contributed by atoms with Crippen molar-refractivity contribution < 1.29 is 4.74 Å². The Balaban J connectivity index is 2.53. The van der Waals surface area contributed by atoms with E-state index in [1.807, 2.05) is 18.2 Å². The Hall–Kier alpha value is -1.09. The van der Waals surface area contributed by atoms with Gasteiger partial charge < -0.3 is 10.1 Å². The molecule has 1 aromatic rings. The summed E-state index contributed by atoms with van der Waals surface area (Å²) in [4.78, 5) is 4.43. The summed E-state index contributed by atoms with van der Waals surface area (Å²) in [6, 6.07) is 5.89. The molecule has 90 valence electrons. The van der Waals surface area contributed by atoms with E-state index in [2.05, 4.69) is 38.0 Å². The van der Waals surface area contributed by atoms with Gasteiger partial charge in [-0.1, -0.05) is 13.0 Å². The van der Waals surface area contributed by atoms with E-state index >= 15 is 0 Å². The lowest BCUT2D eigenvalue weighted by atomic mass is 10.1. The molecule has 16 heavy (non-hydrogen) atoms. The molecule has 0 spiro atoms. The molecule has 0 bridgehead atoms. The van der Waals surface area contributed by atoms with Crippen LogP contribution in [-0.4, -0.2) is 17.1 Å². The Bertz CT molecular complexity index is 318. The van der Waals surface area contributed by atoms with Gasteiger partial charge in [0.15, 0.2) is 0 Å². The first-order valence-electron chi connectivity index (χ1n) is 5.85. The monoisotopic (exact) mass is 222 g/mol. The summed E-state index contributed by atoms with van der Waals surface area (Å²) in [5.74, 6) is 0.718. The summed E-state index contributed by atoms with van der Waals surface area (Å²) >= 11 is 0. The zero-order chi connectivity index (χ0) is 12.0. The highest BCUT2D eigenvalue weighted by Crippen LogP contribution is 2.09. The van der Waals surface area contributed by atoms with Crippen molar-refractivity contribution in [3.63, 3.8) is 0 Å². The van der Waals surface area contributed by atoms with Crippen molar-refractivity contribution in [3.05, 3.63) is 23.9 Å². The van der Waals surface area contributed by atoms with Crippen LogP contribution in [0.25, 0.3) is 0 Å². The van der Waals surface area contributed by atoms with E-state index in [9.17, 15) is 0 Å². The first kappa shape index (κ1) is 13.0. The second-order valence-corrected chi connectivity index (χ2v) is 4.92. The van der Waals surface area contributed by atoms with Crippen molar-refractivity contribution in [1.82, 2.24) is 10.3 Å². The molecule has 0 saturated heterocycles. The first-order chi connectivity index (χ1) is 7.51. The molecule has 0 aliphatic carbocycles. The topological polar surface area (TPSA) is 34.1 Å². The van der Waals surface area contributed by atoms with E-state index in [0.29, 0.717) is 0 Å². The second-order valence-electron chi connectivity index (χ2n) is 4.92. The van der Waals surface area contributed by atoms with Crippen molar-refractivity contribution >= 4 is 0 Å². The molecular weight excluding hydrogens is 200 g/mol. The molecule has 3 heteroatoms. The van der Waals surface area contributed by atoms with Gasteiger partial charge in [0, 0.05) is 18.2 Å². The minimum absolute atomic E-state index is 0.113. The zero-order valence-corrected chi connectivity index (χ0v) is 10.7. The Morgan fingerprint density at radius 1 is 1.31 bits per heavy atom. The lowest BCUT2D eigenvalue weighted by Gasteiger charge is -2.20. The van der Waals surface area contributed by atoms with Gasteiger partial charge in [0.05, 0.1) is 12.3 Å². The molecule has 0 saturated carbocycles. The van der Waals surface area contributed by atoms with Gasteiger partial charge >= 0.3 is 0 Å². The molecule has 0 radical (unpaired) electrons. The van der Waals surface area contributed by atoms with Crippen molar-refractivity contribution in [2.45, 2.75) is 46.2 Å². The van der Waals surface area contributed by atoms with Crippen molar-refractivity contribution in [2.24, 2.45) is 0 Å². The average Bonchev–Trinajstić information content (AvgIpc) is 2.23. The van der Waals surface area contributed by atoms with E-state index < -0.39 is 0 Å². The highest BCUT2D eigenvalue weighted by atomic mass is 16.5. The number of hydrogen-bond donors (Lipinski definition) is 1. The van der Waals surface area contributed by atoms with Gasteiger partial charge in [0.2, 0.25) is 5.88 Å². The lowest BCUT2D eigenvalue weighted by molar-refractivity contribution is 0.303. The first-order valence-corrected chi connectivity index (χ1v) is 5.85. The quantitative estimate of drug-likeness (QED) is 0.831. The number of pyridine rings is 1. The van der Waals surface area contributed by atoms with Crippen molar-refractivity contribution in [3.8, 4) is 5.88 Å². The fraction of sp³-hybridized carbons (Fsp3) is 0.615. The van der Waals surface area contributed by atoms with E-state index in [1.165, 1.54) is 0 Å². The molecule has 0 amide bonds. The molecule has 0 aromatic carbocycles. The molecule has 1 heterocycles. The Kier molecular flexibility index (Phi) is 4.74. The van der Waals surface area contributed by atoms with Crippen LogP contribution in [0.3, 0.4) is 0 Å². The van der Waals surface area contributed by atoms with Crippen LogP contribution in [0.5, 0.6) is 5.88 Å². The van der Waals surface area contributed by atoms with Gasteiger partial charge in [0.1, 0.15) is 0 Å². The van der Waals surface area contributed by atoms with Crippen LogP contribution in [0.1, 0.15) is 39.8 Å². The smallest absolute Gasteiger partial charge is 0.213 e. The minimum Gasteiger partial charge on any atom is -0.478 e. The molecule has 1 N–H and O–H groups in total. The summed E-state index contributed by atoms with van der Waals surface area (Å²) in [6.45, 7) is 10.0. The van der Waals surface area contributed by atoms with Crippen LogP contribution < -0.4 is 10.1 Å². The highest BCUT2D eigenvalue weighted by molar-refractivity contribution is 5.15. The maximum absolute atomic E-state index is 5.49. The molecule has 0 aliphatic heterocycles. The molecule has 0 aliphatic rings. The summed E-state index contributed by atoms with van der Waals surface area (Å²) < 4.78 is 5.49. The molecule has 0 atom stereocenters. The molecule has 1 rings (SSSR count). The van der Waals surface area contributed by atoms with Crippen LogP contribution >= 0.6 is 0 Å². The van der Waals surface area contributed by atoms with Gasteiger partial charge in [-0.3, -0.25) is 0 Å². The normalized spacial score (nSPS) is 11.5. The van der Waals surface area contributed by atoms with Gasteiger partial charge in [-0.2, -0.15) is 0 Å². The fourth-order valence-corrected chi connectivity index (χ4v) is 1.20. The number of hydrogen-bond acceptors (Lipinski definition) is 3. The summed E-state index contributed by atoms with van der Waals surface area (Å²) in [6.07, 6.45) is 1.01.